The SMILES string of the molecule is CC(C)COCCOC(=O)c1ccc(F)cc1. The topological polar surface area (TPSA) is 35.5 Å². The molecule has 4 heteroatoms. The summed E-state index contributed by atoms with van der Waals surface area (Å²) in [6, 6.07) is 5.25. The average molecular weight is 240 g/mol. The summed E-state index contributed by atoms with van der Waals surface area (Å²) in [6.07, 6.45) is 0. The molecule has 0 aromatic heterocycles. The van der Waals surface area contributed by atoms with E-state index in [1.54, 1.807) is 0 Å². The lowest BCUT2D eigenvalue weighted by Gasteiger charge is -2.07. The summed E-state index contributed by atoms with van der Waals surface area (Å²) < 4.78 is 22.8. The molecule has 0 radical (unpaired) electrons. The smallest absolute Gasteiger partial charge is 0.338 e. The quantitative estimate of drug-likeness (QED) is 0.566. The predicted octanol–water partition coefficient (Wildman–Crippen LogP) is 2.66. The van der Waals surface area contributed by atoms with Crippen LogP contribution >= 0.6 is 0 Å². The van der Waals surface area contributed by atoms with Crippen molar-refractivity contribution >= 4 is 5.97 Å². The highest BCUT2D eigenvalue weighted by Crippen LogP contribution is 2.04. The molecule has 1 aromatic rings. The fourth-order valence-electron chi connectivity index (χ4n) is 1.18. The zero-order chi connectivity index (χ0) is 12.7. The predicted molar refractivity (Wildman–Crippen MR) is 62.3 cm³/mol. The van der Waals surface area contributed by atoms with Crippen LogP contribution < -0.4 is 0 Å². The maximum atomic E-state index is 12.6. The first-order valence-corrected chi connectivity index (χ1v) is 5.60. The van der Waals surface area contributed by atoms with E-state index in [0.717, 1.165) is 0 Å². The number of carbonyl (C=O) groups is 1. The molecule has 0 N–H and O–H groups in total. The number of rotatable bonds is 6. The number of ether oxygens (including phenoxy) is 2. The molecular weight excluding hydrogens is 223 g/mol. The van der Waals surface area contributed by atoms with Crippen LogP contribution in [0.4, 0.5) is 4.39 Å². The lowest BCUT2D eigenvalue weighted by atomic mass is 10.2. The second-order valence-electron chi connectivity index (χ2n) is 4.11. The maximum absolute atomic E-state index is 12.6. The number of benzene rings is 1. The molecule has 0 unspecified atom stereocenters. The van der Waals surface area contributed by atoms with E-state index in [2.05, 4.69) is 0 Å². The highest BCUT2D eigenvalue weighted by molar-refractivity contribution is 5.89. The Morgan fingerprint density at radius 3 is 2.47 bits per heavy atom. The van der Waals surface area contributed by atoms with Gasteiger partial charge in [-0.05, 0) is 30.2 Å². The molecule has 94 valence electrons. The van der Waals surface area contributed by atoms with Crippen molar-refractivity contribution in [2.24, 2.45) is 5.92 Å². The van der Waals surface area contributed by atoms with Gasteiger partial charge in [0.25, 0.3) is 0 Å². The van der Waals surface area contributed by atoms with E-state index in [1.165, 1.54) is 24.3 Å². The van der Waals surface area contributed by atoms with Crippen molar-refractivity contribution in [3.8, 4) is 0 Å². The van der Waals surface area contributed by atoms with Crippen LogP contribution in [0.1, 0.15) is 24.2 Å². The van der Waals surface area contributed by atoms with Crippen molar-refractivity contribution in [2.45, 2.75) is 13.8 Å². The zero-order valence-electron chi connectivity index (χ0n) is 10.1. The second kappa shape index (κ2) is 7.01. The van der Waals surface area contributed by atoms with Gasteiger partial charge in [-0.25, -0.2) is 9.18 Å². The van der Waals surface area contributed by atoms with Gasteiger partial charge in [-0.15, -0.1) is 0 Å². The molecule has 0 aliphatic carbocycles. The van der Waals surface area contributed by atoms with Gasteiger partial charge in [0.1, 0.15) is 12.4 Å². The fraction of sp³-hybridized carbons (Fsp3) is 0.462. The van der Waals surface area contributed by atoms with E-state index in [4.69, 9.17) is 9.47 Å². The highest BCUT2D eigenvalue weighted by atomic mass is 19.1. The maximum Gasteiger partial charge on any atom is 0.338 e. The minimum absolute atomic E-state index is 0.211. The van der Waals surface area contributed by atoms with E-state index in [9.17, 15) is 9.18 Å². The monoisotopic (exact) mass is 240 g/mol. The van der Waals surface area contributed by atoms with Crippen molar-refractivity contribution < 1.29 is 18.7 Å². The van der Waals surface area contributed by atoms with Crippen LogP contribution in [0.5, 0.6) is 0 Å². The number of halogens is 1. The normalized spacial score (nSPS) is 10.6. The van der Waals surface area contributed by atoms with Crippen LogP contribution in [0.25, 0.3) is 0 Å². The van der Waals surface area contributed by atoms with Crippen LogP contribution in [0, 0.1) is 11.7 Å². The molecule has 17 heavy (non-hydrogen) atoms. The van der Waals surface area contributed by atoms with Gasteiger partial charge in [-0.3, -0.25) is 0 Å². The Labute approximate surface area is 101 Å². The van der Waals surface area contributed by atoms with E-state index >= 15 is 0 Å². The molecule has 0 atom stereocenters. The average Bonchev–Trinajstić information content (AvgIpc) is 2.29. The molecule has 0 saturated carbocycles. The number of hydrogen-bond acceptors (Lipinski definition) is 3. The summed E-state index contributed by atoms with van der Waals surface area (Å²) in [5.41, 5.74) is 0.343. The van der Waals surface area contributed by atoms with Crippen LogP contribution in [0.2, 0.25) is 0 Å². The standard InChI is InChI=1S/C13H17FO3/c1-10(2)9-16-7-8-17-13(15)11-3-5-12(14)6-4-11/h3-6,10H,7-9H2,1-2H3. The van der Waals surface area contributed by atoms with Crippen molar-refractivity contribution in [1.29, 1.82) is 0 Å². The molecule has 0 saturated heterocycles. The minimum Gasteiger partial charge on any atom is -0.460 e. The number of carbonyl (C=O) groups excluding carboxylic acids is 1. The molecule has 0 bridgehead atoms. The van der Waals surface area contributed by atoms with Crippen LogP contribution in [-0.4, -0.2) is 25.8 Å². The second-order valence-corrected chi connectivity index (χ2v) is 4.11. The van der Waals surface area contributed by atoms with Gasteiger partial charge in [0.2, 0.25) is 0 Å². The molecule has 0 aliphatic rings. The van der Waals surface area contributed by atoms with Gasteiger partial charge < -0.3 is 9.47 Å². The molecule has 1 aromatic carbocycles. The van der Waals surface area contributed by atoms with Gasteiger partial charge in [-0.2, -0.15) is 0 Å². The first kappa shape index (κ1) is 13.6. The summed E-state index contributed by atoms with van der Waals surface area (Å²) in [4.78, 5) is 11.5. The number of hydrogen-bond donors (Lipinski definition) is 0. The minimum atomic E-state index is -0.460. The third kappa shape index (κ3) is 5.45. The summed E-state index contributed by atoms with van der Waals surface area (Å²) in [5.74, 6) is -0.372. The van der Waals surface area contributed by atoms with Crippen molar-refractivity contribution in [3.63, 3.8) is 0 Å². The van der Waals surface area contributed by atoms with Crippen LogP contribution in [-0.2, 0) is 9.47 Å². The first-order valence-electron chi connectivity index (χ1n) is 5.60. The molecule has 0 heterocycles. The van der Waals surface area contributed by atoms with Gasteiger partial charge in [0, 0.05) is 6.61 Å². The van der Waals surface area contributed by atoms with Gasteiger partial charge in [0.05, 0.1) is 12.2 Å². The summed E-state index contributed by atoms with van der Waals surface area (Å²) in [5, 5.41) is 0. The van der Waals surface area contributed by atoms with E-state index in [-0.39, 0.29) is 12.4 Å². The highest BCUT2D eigenvalue weighted by Gasteiger charge is 2.06. The first-order chi connectivity index (χ1) is 8.09. The Morgan fingerprint density at radius 2 is 1.88 bits per heavy atom. The lowest BCUT2D eigenvalue weighted by Crippen LogP contribution is -2.12. The number of esters is 1. The largest absolute Gasteiger partial charge is 0.460 e. The van der Waals surface area contributed by atoms with E-state index in [0.29, 0.717) is 24.7 Å². The third-order valence-electron chi connectivity index (χ3n) is 1.99. The van der Waals surface area contributed by atoms with Crippen LogP contribution in [0.3, 0.4) is 0 Å². The fourth-order valence-corrected chi connectivity index (χ4v) is 1.18. The van der Waals surface area contributed by atoms with Crippen molar-refractivity contribution in [2.75, 3.05) is 19.8 Å². The molecule has 0 fully saturated rings. The Morgan fingerprint density at radius 1 is 1.24 bits per heavy atom. The zero-order valence-corrected chi connectivity index (χ0v) is 10.1. The Bertz CT molecular complexity index is 346. The Hall–Kier alpha value is -1.42. The summed E-state index contributed by atoms with van der Waals surface area (Å²) in [6.45, 7) is 5.33. The van der Waals surface area contributed by atoms with Gasteiger partial charge in [-0.1, -0.05) is 13.8 Å². The van der Waals surface area contributed by atoms with Gasteiger partial charge >= 0.3 is 5.97 Å². The van der Waals surface area contributed by atoms with Crippen molar-refractivity contribution in [1.82, 2.24) is 0 Å². The summed E-state index contributed by atoms with van der Waals surface area (Å²) in [7, 11) is 0. The molecule has 0 amide bonds. The van der Waals surface area contributed by atoms with Crippen LogP contribution in [0.15, 0.2) is 24.3 Å². The van der Waals surface area contributed by atoms with E-state index in [1.807, 2.05) is 13.8 Å². The molecule has 3 nitrogen and oxygen atoms in total. The summed E-state index contributed by atoms with van der Waals surface area (Å²) >= 11 is 0. The molecule has 0 aliphatic heterocycles. The van der Waals surface area contributed by atoms with E-state index < -0.39 is 5.97 Å². The van der Waals surface area contributed by atoms with Crippen molar-refractivity contribution in [3.05, 3.63) is 35.6 Å². The Balaban J connectivity index is 2.23. The third-order valence-corrected chi connectivity index (χ3v) is 1.99. The lowest BCUT2D eigenvalue weighted by molar-refractivity contribution is 0.0277. The van der Waals surface area contributed by atoms with Gasteiger partial charge in [0.15, 0.2) is 0 Å². The molecule has 1 rings (SSSR count). The molecular formula is C13H17FO3. The molecule has 0 spiro atoms. The Kier molecular flexibility index (Phi) is 5.63.